The number of morpholine rings is 1. The molecule has 3 aliphatic rings. The maximum absolute atomic E-state index is 12.8. The van der Waals surface area contributed by atoms with Crippen LogP contribution in [0.3, 0.4) is 0 Å². The summed E-state index contributed by atoms with van der Waals surface area (Å²) in [5, 5.41) is 12.5. The highest BCUT2D eigenvalue weighted by Gasteiger charge is 2.29. The zero-order valence-corrected chi connectivity index (χ0v) is 24.8. The van der Waals surface area contributed by atoms with E-state index in [0.717, 1.165) is 69.5 Å². The predicted octanol–water partition coefficient (Wildman–Crippen LogP) is 4.92. The first-order chi connectivity index (χ1) is 20.3. The second-order valence-corrected chi connectivity index (χ2v) is 12.2. The fraction of sp³-hybridized carbons (Fsp3) is 0.600. The first-order valence-electron chi connectivity index (χ1n) is 15.1. The molecule has 0 saturated carbocycles. The van der Waals surface area contributed by atoms with Crippen LogP contribution in [0.1, 0.15) is 59.1 Å². The zero-order chi connectivity index (χ0) is 29.1. The quantitative estimate of drug-likeness (QED) is 0.417. The molecule has 12 nitrogen and oxygen atoms in total. The summed E-state index contributed by atoms with van der Waals surface area (Å²) in [5.41, 5.74) is 2.24. The number of aromatic nitrogens is 4. The van der Waals surface area contributed by atoms with Gasteiger partial charge in [-0.05, 0) is 77.1 Å². The van der Waals surface area contributed by atoms with E-state index < -0.39 is 5.60 Å². The van der Waals surface area contributed by atoms with Gasteiger partial charge >= 0.3 is 6.09 Å². The van der Waals surface area contributed by atoms with Crippen molar-refractivity contribution < 1.29 is 19.0 Å². The SMILES string of the molecule is CC(C)(C)OC(=O)N1CCC[C@H](Nc2nc(Nc3ccc(N4CCOCC4)cc3)nc3c2cnn3C2CCCCO2)C1. The molecular weight excluding hydrogens is 536 g/mol. The third-order valence-electron chi connectivity index (χ3n) is 7.80. The van der Waals surface area contributed by atoms with Crippen LogP contribution < -0.4 is 15.5 Å². The first-order valence-corrected chi connectivity index (χ1v) is 15.1. The molecule has 2 N–H and O–H groups in total. The fourth-order valence-electron chi connectivity index (χ4n) is 5.71. The Balaban J connectivity index is 1.25. The van der Waals surface area contributed by atoms with Crippen molar-refractivity contribution in [1.82, 2.24) is 24.6 Å². The lowest BCUT2D eigenvalue weighted by Gasteiger charge is -2.34. The van der Waals surface area contributed by atoms with Crippen LogP contribution in [0.15, 0.2) is 30.5 Å². The van der Waals surface area contributed by atoms with Gasteiger partial charge in [0.1, 0.15) is 11.4 Å². The Bertz CT molecular complexity index is 1360. The molecule has 1 unspecified atom stereocenters. The Morgan fingerprint density at radius 3 is 2.55 bits per heavy atom. The van der Waals surface area contributed by atoms with Crippen LogP contribution in [0.4, 0.5) is 27.9 Å². The van der Waals surface area contributed by atoms with E-state index in [2.05, 4.69) is 32.8 Å². The van der Waals surface area contributed by atoms with E-state index in [0.29, 0.717) is 37.1 Å². The molecule has 12 heteroatoms. The molecule has 2 aromatic heterocycles. The number of anilines is 4. The number of carbonyl (C=O) groups excluding carboxylic acids is 1. The molecule has 2 atom stereocenters. The van der Waals surface area contributed by atoms with Gasteiger partial charge in [-0.25, -0.2) is 9.48 Å². The lowest BCUT2D eigenvalue weighted by atomic mass is 10.1. The van der Waals surface area contributed by atoms with E-state index in [-0.39, 0.29) is 18.4 Å². The van der Waals surface area contributed by atoms with Crippen LogP contribution in [0, 0.1) is 0 Å². The third-order valence-corrected chi connectivity index (χ3v) is 7.80. The first kappa shape index (κ1) is 28.5. The summed E-state index contributed by atoms with van der Waals surface area (Å²) < 4.78 is 19.1. The van der Waals surface area contributed by atoms with Gasteiger partial charge in [-0.15, -0.1) is 0 Å². The molecule has 0 radical (unpaired) electrons. The zero-order valence-electron chi connectivity index (χ0n) is 24.8. The maximum atomic E-state index is 12.8. The number of carbonyl (C=O) groups is 1. The number of amides is 1. The van der Waals surface area contributed by atoms with E-state index in [1.165, 1.54) is 5.69 Å². The molecule has 1 amide bonds. The topological polar surface area (TPSA) is 119 Å². The second-order valence-electron chi connectivity index (χ2n) is 12.2. The molecule has 6 rings (SSSR count). The molecule has 3 fully saturated rings. The average Bonchev–Trinajstić information content (AvgIpc) is 3.42. The number of nitrogens with one attached hydrogen (secondary N) is 2. The molecule has 1 aromatic carbocycles. The molecule has 0 aliphatic carbocycles. The van der Waals surface area contributed by atoms with Gasteiger partial charge in [0.05, 0.1) is 24.8 Å². The van der Waals surface area contributed by atoms with Crippen molar-refractivity contribution in [3.63, 3.8) is 0 Å². The van der Waals surface area contributed by atoms with Gasteiger partial charge in [0.2, 0.25) is 5.95 Å². The monoisotopic (exact) mass is 578 g/mol. The second kappa shape index (κ2) is 12.3. The van der Waals surface area contributed by atoms with Crippen molar-refractivity contribution in [2.45, 2.75) is 70.7 Å². The van der Waals surface area contributed by atoms with E-state index in [1.54, 1.807) is 4.90 Å². The van der Waals surface area contributed by atoms with Crippen molar-refractivity contribution in [1.29, 1.82) is 0 Å². The molecule has 0 spiro atoms. The normalized spacial score (nSPS) is 21.8. The Morgan fingerprint density at radius 2 is 1.81 bits per heavy atom. The number of fused-ring (bicyclic) bond motifs is 1. The van der Waals surface area contributed by atoms with Gasteiger partial charge in [-0.1, -0.05) is 0 Å². The maximum Gasteiger partial charge on any atom is 0.410 e. The van der Waals surface area contributed by atoms with Crippen molar-refractivity contribution >= 4 is 40.3 Å². The lowest BCUT2D eigenvalue weighted by molar-refractivity contribution is -0.0370. The third kappa shape index (κ3) is 6.70. The van der Waals surface area contributed by atoms with Gasteiger partial charge in [0, 0.05) is 50.2 Å². The molecule has 42 heavy (non-hydrogen) atoms. The molecular formula is C30H42N8O4. The summed E-state index contributed by atoms with van der Waals surface area (Å²) in [6.07, 6.45) is 6.20. The number of hydrogen-bond donors (Lipinski definition) is 2. The molecule has 0 bridgehead atoms. The van der Waals surface area contributed by atoms with Crippen molar-refractivity contribution in [3.05, 3.63) is 30.5 Å². The molecule has 5 heterocycles. The Kier molecular flexibility index (Phi) is 8.34. The van der Waals surface area contributed by atoms with Gasteiger partial charge in [0.25, 0.3) is 0 Å². The summed E-state index contributed by atoms with van der Waals surface area (Å²) in [5.74, 6) is 1.16. The Hall–Kier alpha value is -3.64. The number of likely N-dealkylation sites (tertiary alicyclic amines) is 1. The van der Waals surface area contributed by atoms with Gasteiger partial charge in [-0.3, -0.25) is 0 Å². The summed E-state index contributed by atoms with van der Waals surface area (Å²) in [6.45, 7) is 10.9. The number of benzene rings is 1. The minimum atomic E-state index is -0.535. The molecule has 3 aromatic rings. The smallest absolute Gasteiger partial charge is 0.410 e. The standard InChI is InChI=1S/C30H42N8O4/c1-30(2,3)42-29(39)37-13-6-7-22(20-37)32-26-24-19-31-38(25-8-4-5-16-41-25)27(24)35-28(34-26)33-21-9-11-23(12-10-21)36-14-17-40-18-15-36/h9-12,19,22,25H,4-8,13-18,20H2,1-3H3,(H2,32,33,34,35)/t22-,25?/m0/s1. The summed E-state index contributed by atoms with van der Waals surface area (Å²) in [4.78, 5) is 26.7. The van der Waals surface area contributed by atoms with Crippen LogP contribution in [0.25, 0.3) is 11.0 Å². The molecule has 3 saturated heterocycles. The molecule has 226 valence electrons. The Morgan fingerprint density at radius 1 is 1.00 bits per heavy atom. The van der Waals surface area contributed by atoms with Crippen molar-refractivity contribution in [3.8, 4) is 0 Å². The van der Waals surface area contributed by atoms with E-state index >= 15 is 0 Å². The van der Waals surface area contributed by atoms with Crippen molar-refractivity contribution in [2.75, 3.05) is 61.5 Å². The highest BCUT2D eigenvalue weighted by atomic mass is 16.6. The Labute approximate surface area is 246 Å². The number of nitrogens with zero attached hydrogens (tertiary/aromatic N) is 6. The van der Waals surface area contributed by atoms with Gasteiger partial charge in [0.15, 0.2) is 11.9 Å². The van der Waals surface area contributed by atoms with Gasteiger partial charge in [-0.2, -0.15) is 15.1 Å². The average molecular weight is 579 g/mol. The predicted molar refractivity (Wildman–Crippen MR) is 161 cm³/mol. The van der Waals surface area contributed by atoms with E-state index in [1.807, 2.05) is 43.8 Å². The number of piperidine rings is 1. The fourth-order valence-corrected chi connectivity index (χ4v) is 5.71. The minimum absolute atomic E-state index is 0.0132. The van der Waals surface area contributed by atoms with E-state index in [4.69, 9.17) is 24.2 Å². The summed E-state index contributed by atoms with van der Waals surface area (Å²) in [7, 11) is 0. The summed E-state index contributed by atoms with van der Waals surface area (Å²) >= 11 is 0. The summed E-state index contributed by atoms with van der Waals surface area (Å²) in [6, 6.07) is 8.33. The van der Waals surface area contributed by atoms with Crippen LogP contribution in [-0.4, -0.2) is 88.4 Å². The van der Waals surface area contributed by atoms with Crippen molar-refractivity contribution in [2.24, 2.45) is 0 Å². The number of rotatable bonds is 6. The van der Waals surface area contributed by atoms with Crippen LogP contribution >= 0.6 is 0 Å². The highest BCUT2D eigenvalue weighted by molar-refractivity contribution is 5.88. The van der Waals surface area contributed by atoms with Crippen LogP contribution in [0.2, 0.25) is 0 Å². The molecule has 3 aliphatic heterocycles. The van der Waals surface area contributed by atoms with Crippen LogP contribution in [-0.2, 0) is 14.2 Å². The number of hydrogen-bond acceptors (Lipinski definition) is 10. The lowest BCUT2D eigenvalue weighted by Crippen LogP contribution is -2.47. The highest BCUT2D eigenvalue weighted by Crippen LogP contribution is 2.31. The minimum Gasteiger partial charge on any atom is -0.444 e. The van der Waals surface area contributed by atoms with Gasteiger partial charge < -0.3 is 34.6 Å². The van der Waals surface area contributed by atoms with E-state index in [9.17, 15) is 4.79 Å². The largest absolute Gasteiger partial charge is 0.444 e. The number of ether oxygens (including phenoxy) is 3. The van der Waals surface area contributed by atoms with Crippen LogP contribution in [0.5, 0.6) is 0 Å².